The van der Waals surface area contributed by atoms with E-state index in [9.17, 15) is 0 Å². The van der Waals surface area contributed by atoms with Crippen LogP contribution in [0.25, 0.3) is 0 Å². The number of rotatable bonds is 2. The van der Waals surface area contributed by atoms with E-state index in [1.807, 2.05) is 0 Å². The quantitative estimate of drug-likeness (QED) is 0.740. The molecular weight excluding hydrogens is 315 g/mol. The van der Waals surface area contributed by atoms with Crippen LogP contribution in [0.4, 0.5) is 17.6 Å². The highest BCUT2D eigenvalue weighted by molar-refractivity contribution is 5.85. The molecule has 120 valence electrons. The molecule has 9 heteroatoms. The highest BCUT2D eigenvalue weighted by atomic mass is 35.5. The van der Waals surface area contributed by atoms with E-state index in [-0.39, 0.29) is 42.8 Å². The Balaban J connectivity index is 0.00000110. The van der Waals surface area contributed by atoms with E-state index in [1.165, 1.54) is 0 Å². The van der Waals surface area contributed by atoms with Crippen molar-refractivity contribution < 1.29 is 4.74 Å². The lowest BCUT2D eigenvalue weighted by molar-refractivity contribution is 0.279. The van der Waals surface area contributed by atoms with Gasteiger partial charge in [0.2, 0.25) is 11.7 Å². The molecule has 0 aliphatic carbocycles. The fourth-order valence-corrected chi connectivity index (χ4v) is 2.52. The van der Waals surface area contributed by atoms with Crippen molar-refractivity contribution in [2.24, 2.45) is 5.73 Å². The van der Waals surface area contributed by atoms with Crippen molar-refractivity contribution in [1.29, 1.82) is 0 Å². The highest BCUT2D eigenvalue weighted by Gasteiger charge is 2.29. The van der Waals surface area contributed by atoms with Gasteiger partial charge in [-0.25, -0.2) is 0 Å². The zero-order valence-electron chi connectivity index (χ0n) is 11.9. The normalized spacial score (nSPS) is 23.2. The van der Waals surface area contributed by atoms with Gasteiger partial charge in [-0.15, -0.1) is 24.8 Å². The van der Waals surface area contributed by atoms with Crippen LogP contribution in [0.2, 0.25) is 0 Å². The lowest BCUT2D eigenvalue weighted by atomic mass is 10.2. The summed E-state index contributed by atoms with van der Waals surface area (Å²) < 4.78 is 5.84. The van der Waals surface area contributed by atoms with E-state index in [0.29, 0.717) is 18.2 Å². The number of nitrogens with zero attached hydrogens (tertiary/aromatic N) is 3. The summed E-state index contributed by atoms with van der Waals surface area (Å²) in [4.78, 5) is 10.7. The number of ether oxygens (including phenoxy) is 1. The van der Waals surface area contributed by atoms with E-state index in [1.54, 1.807) is 0 Å². The minimum absolute atomic E-state index is 0. The lowest BCUT2D eigenvalue weighted by Gasteiger charge is -2.29. The van der Waals surface area contributed by atoms with Gasteiger partial charge in [0, 0.05) is 19.1 Å². The Labute approximate surface area is 136 Å². The second-order valence-electron chi connectivity index (χ2n) is 5.14. The van der Waals surface area contributed by atoms with Gasteiger partial charge in [0.25, 0.3) is 0 Å². The maximum absolute atomic E-state index is 5.95. The molecule has 1 saturated heterocycles. The molecule has 0 unspecified atom stereocenters. The third-order valence-corrected chi connectivity index (χ3v) is 3.65. The number of nitrogens with two attached hydrogens (primary N) is 2. The minimum Gasteiger partial charge on any atom is -0.484 e. The molecule has 0 spiro atoms. The number of hydrogen-bond donors (Lipinski definition) is 3. The van der Waals surface area contributed by atoms with Gasteiger partial charge in [-0.2, -0.15) is 9.97 Å². The third kappa shape index (κ3) is 3.53. The Morgan fingerprint density at radius 2 is 2.14 bits per heavy atom. The molecule has 21 heavy (non-hydrogen) atoms. The van der Waals surface area contributed by atoms with Crippen LogP contribution in [0.15, 0.2) is 0 Å². The smallest absolute Gasteiger partial charge is 0.224 e. The van der Waals surface area contributed by atoms with Crippen LogP contribution in [0.1, 0.15) is 19.8 Å². The van der Waals surface area contributed by atoms with Gasteiger partial charge in [0.1, 0.15) is 6.61 Å². The SMILES string of the molecule is CC[C@@H]1COc2c(nc(N)nc2N2CC[C@@H](N)C2)N1.Cl.Cl. The Morgan fingerprint density at radius 1 is 1.38 bits per heavy atom. The molecule has 1 fully saturated rings. The molecule has 2 aliphatic heterocycles. The molecule has 0 amide bonds. The Hall–Kier alpha value is -1.18. The molecule has 0 aromatic carbocycles. The standard InChI is InChI=1S/C12H20N6O.2ClH/c1-2-8-6-19-9-10(15-8)16-12(14)17-11(9)18-4-3-7(13)5-18;;/h7-8H,2-6,13H2,1H3,(H3,14,15,16,17);2*1H/t7-,8-;;/m1../s1. The number of hydrogen-bond acceptors (Lipinski definition) is 7. The lowest BCUT2D eigenvalue weighted by Crippen LogP contribution is -2.34. The van der Waals surface area contributed by atoms with E-state index < -0.39 is 0 Å². The van der Waals surface area contributed by atoms with Gasteiger partial charge < -0.3 is 26.4 Å². The molecule has 5 N–H and O–H groups in total. The molecule has 0 radical (unpaired) electrons. The fourth-order valence-electron chi connectivity index (χ4n) is 2.52. The maximum atomic E-state index is 5.95. The molecular formula is C12H22Cl2N6O. The summed E-state index contributed by atoms with van der Waals surface area (Å²) in [6, 6.07) is 0.460. The topological polar surface area (TPSA) is 102 Å². The largest absolute Gasteiger partial charge is 0.484 e. The summed E-state index contributed by atoms with van der Waals surface area (Å²) in [5.74, 6) is 2.42. The first kappa shape index (κ1) is 17.9. The van der Waals surface area contributed by atoms with Crippen LogP contribution in [-0.2, 0) is 0 Å². The van der Waals surface area contributed by atoms with Crippen LogP contribution in [0, 0.1) is 0 Å². The average molecular weight is 337 g/mol. The van der Waals surface area contributed by atoms with Crippen molar-refractivity contribution in [3.63, 3.8) is 0 Å². The van der Waals surface area contributed by atoms with Gasteiger partial charge >= 0.3 is 0 Å². The first-order valence-electron chi connectivity index (χ1n) is 6.74. The second kappa shape index (κ2) is 7.20. The zero-order chi connectivity index (χ0) is 13.4. The van der Waals surface area contributed by atoms with Crippen LogP contribution >= 0.6 is 24.8 Å². The number of nitrogen functional groups attached to an aromatic ring is 1. The van der Waals surface area contributed by atoms with Crippen molar-refractivity contribution in [3.8, 4) is 5.75 Å². The summed E-state index contributed by atoms with van der Waals surface area (Å²) in [5.41, 5.74) is 11.7. The molecule has 0 saturated carbocycles. The second-order valence-corrected chi connectivity index (χ2v) is 5.14. The first-order chi connectivity index (χ1) is 9.17. The van der Waals surface area contributed by atoms with Gasteiger partial charge in [0.05, 0.1) is 6.04 Å². The van der Waals surface area contributed by atoms with Crippen LogP contribution in [-0.4, -0.2) is 41.7 Å². The van der Waals surface area contributed by atoms with Crippen molar-refractivity contribution in [2.45, 2.75) is 31.8 Å². The number of nitrogens with one attached hydrogen (secondary N) is 1. The monoisotopic (exact) mass is 336 g/mol. The number of aromatic nitrogens is 2. The van der Waals surface area contributed by atoms with Gasteiger partial charge in [-0.1, -0.05) is 6.92 Å². The molecule has 3 rings (SSSR count). The summed E-state index contributed by atoms with van der Waals surface area (Å²) in [6.45, 7) is 4.40. The minimum atomic E-state index is 0. The number of fused-ring (bicyclic) bond motifs is 1. The number of halogens is 2. The Morgan fingerprint density at radius 3 is 2.76 bits per heavy atom. The van der Waals surface area contributed by atoms with Crippen molar-refractivity contribution >= 4 is 42.4 Å². The molecule has 1 aromatic rings. The Bertz CT molecular complexity index is 489. The molecule has 3 heterocycles. The summed E-state index contributed by atoms with van der Waals surface area (Å²) >= 11 is 0. The predicted octanol–water partition coefficient (Wildman–Crippen LogP) is 1.02. The number of anilines is 3. The van der Waals surface area contributed by atoms with E-state index >= 15 is 0 Å². The van der Waals surface area contributed by atoms with Gasteiger partial charge in [-0.3, -0.25) is 0 Å². The molecule has 1 aromatic heterocycles. The first-order valence-corrected chi connectivity index (χ1v) is 6.74. The van der Waals surface area contributed by atoms with Crippen LogP contribution in [0.5, 0.6) is 5.75 Å². The van der Waals surface area contributed by atoms with Crippen molar-refractivity contribution in [1.82, 2.24) is 9.97 Å². The summed E-state index contributed by atoms with van der Waals surface area (Å²) in [5, 5.41) is 3.35. The molecule has 0 bridgehead atoms. The predicted molar refractivity (Wildman–Crippen MR) is 88.9 cm³/mol. The molecule has 2 atom stereocenters. The van der Waals surface area contributed by atoms with Crippen molar-refractivity contribution in [3.05, 3.63) is 0 Å². The average Bonchev–Trinajstić information content (AvgIpc) is 2.83. The zero-order valence-corrected chi connectivity index (χ0v) is 13.5. The van der Waals surface area contributed by atoms with E-state index in [0.717, 1.165) is 31.7 Å². The molecule has 7 nitrogen and oxygen atoms in total. The van der Waals surface area contributed by atoms with Crippen molar-refractivity contribution in [2.75, 3.05) is 35.6 Å². The highest BCUT2D eigenvalue weighted by Crippen LogP contribution is 2.37. The molecule has 2 aliphatic rings. The van der Waals surface area contributed by atoms with E-state index in [2.05, 4.69) is 27.1 Å². The third-order valence-electron chi connectivity index (χ3n) is 3.65. The Kier molecular flexibility index (Phi) is 6.12. The van der Waals surface area contributed by atoms with Gasteiger partial charge in [0.15, 0.2) is 11.6 Å². The van der Waals surface area contributed by atoms with Crippen LogP contribution in [0.3, 0.4) is 0 Å². The fraction of sp³-hybridized carbons (Fsp3) is 0.667. The van der Waals surface area contributed by atoms with Gasteiger partial charge in [-0.05, 0) is 12.8 Å². The summed E-state index contributed by atoms with van der Waals surface area (Å²) in [7, 11) is 0. The van der Waals surface area contributed by atoms with E-state index in [4.69, 9.17) is 16.2 Å². The summed E-state index contributed by atoms with van der Waals surface area (Å²) in [6.07, 6.45) is 1.94. The van der Waals surface area contributed by atoms with Crippen LogP contribution < -0.4 is 26.4 Å². The maximum Gasteiger partial charge on any atom is 0.224 e.